The summed E-state index contributed by atoms with van der Waals surface area (Å²) in [4.78, 5) is 18.0. The van der Waals surface area contributed by atoms with E-state index in [0.717, 1.165) is 55.4 Å². The Labute approximate surface area is 205 Å². The second kappa shape index (κ2) is 8.29. The third-order valence-electron chi connectivity index (χ3n) is 6.31. The van der Waals surface area contributed by atoms with Crippen molar-refractivity contribution in [2.24, 2.45) is 0 Å². The van der Waals surface area contributed by atoms with Crippen molar-refractivity contribution in [3.63, 3.8) is 0 Å². The molecule has 4 heterocycles. The Kier molecular flexibility index (Phi) is 4.67. The topological polar surface area (TPSA) is 77.8 Å². The highest BCUT2D eigenvalue weighted by Crippen LogP contribution is 2.43. The molecule has 0 amide bonds. The lowest BCUT2D eigenvalue weighted by Gasteiger charge is -2.17. The summed E-state index contributed by atoms with van der Waals surface area (Å²) < 4.78 is 11.0. The molecule has 7 rings (SSSR count). The van der Waals surface area contributed by atoms with Crippen molar-refractivity contribution in [2.45, 2.75) is 0 Å². The summed E-state index contributed by atoms with van der Waals surface area (Å²) in [7, 11) is 0. The average Bonchev–Trinajstić information content (AvgIpc) is 3.67. The van der Waals surface area contributed by atoms with Gasteiger partial charge in [0, 0.05) is 11.1 Å². The van der Waals surface area contributed by atoms with E-state index in [1.54, 1.807) is 12.4 Å². The molecule has 0 atom stereocenters. The third kappa shape index (κ3) is 3.27. The van der Waals surface area contributed by atoms with Crippen LogP contribution in [0.4, 0.5) is 0 Å². The molecule has 3 aromatic carbocycles. The molecule has 6 nitrogen and oxygen atoms in total. The quantitative estimate of drug-likeness (QED) is 0.251. The highest BCUT2D eigenvalue weighted by atomic mass is 16.3. The summed E-state index contributed by atoms with van der Waals surface area (Å²) in [5.74, 6) is 1.27. The molecule has 0 aliphatic carbocycles. The predicted octanol–water partition coefficient (Wildman–Crippen LogP) is 7.43. The summed E-state index contributed by atoms with van der Waals surface area (Å²) >= 11 is 0. The molecule has 0 bridgehead atoms. The molecule has 4 aromatic heterocycles. The van der Waals surface area contributed by atoms with Crippen molar-refractivity contribution in [2.75, 3.05) is 0 Å². The first-order valence-corrected chi connectivity index (χ1v) is 11.5. The van der Waals surface area contributed by atoms with Gasteiger partial charge < -0.3 is 8.83 Å². The van der Waals surface area contributed by atoms with Gasteiger partial charge in [-0.1, -0.05) is 60.7 Å². The Bertz CT molecular complexity index is 1650. The van der Waals surface area contributed by atoms with Gasteiger partial charge in [0.2, 0.25) is 0 Å². The molecule has 36 heavy (non-hydrogen) atoms. The van der Waals surface area contributed by atoms with Gasteiger partial charge >= 0.3 is 0 Å². The molecule has 0 fully saturated rings. The third-order valence-corrected chi connectivity index (χ3v) is 6.31. The molecule has 0 spiro atoms. The van der Waals surface area contributed by atoms with Crippen molar-refractivity contribution in [3.05, 3.63) is 110 Å². The molecule has 170 valence electrons. The molecule has 7 aromatic rings. The number of hydrogen-bond donors (Lipinski definition) is 0. The van der Waals surface area contributed by atoms with Crippen LogP contribution < -0.4 is 0 Å². The lowest BCUT2D eigenvalue weighted by molar-refractivity contribution is 0.569. The van der Waals surface area contributed by atoms with Crippen molar-refractivity contribution < 1.29 is 8.83 Å². The smallest absolute Gasteiger partial charge is 0.181 e. The van der Waals surface area contributed by atoms with E-state index in [9.17, 15) is 0 Å². The van der Waals surface area contributed by atoms with Crippen LogP contribution in [0.1, 0.15) is 0 Å². The Morgan fingerprint density at radius 3 is 1.17 bits per heavy atom. The molecule has 0 N–H and O–H groups in total. The van der Waals surface area contributed by atoms with Crippen molar-refractivity contribution in [1.29, 1.82) is 0 Å². The van der Waals surface area contributed by atoms with Crippen molar-refractivity contribution in [3.8, 4) is 45.4 Å². The molecular formula is C30H18N4O2. The number of fused-ring (bicyclic) bond motifs is 2. The molecule has 0 saturated carbocycles. The van der Waals surface area contributed by atoms with Crippen molar-refractivity contribution >= 4 is 21.5 Å². The Morgan fingerprint density at radius 1 is 0.417 bits per heavy atom. The maximum Gasteiger partial charge on any atom is 0.181 e. The minimum Gasteiger partial charge on any atom is -0.442 e. The summed E-state index contributed by atoms with van der Waals surface area (Å²) in [6, 6.07) is 28.7. The first kappa shape index (κ1) is 20.3. The fourth-order valence-corrected chi connectivity index (χ4v) is 4.79. The Morgan fingerprint density at radius 2 is 0.806 bits per heavy atom. The maximum atomic E-state index is 5.51. The molecular weight excluding hydrogens is 448 g/mol. The van der Waals surface area contributed by atoms with E-state index in [2.05, 4.69) is 58.5 Å². The number of oxazole rings is 2. The van der Waals surface area contributed by atoms with E-state index < -0.39 is 0 Å². The number of rotatable bonds is 4. The Hall–Kier alpha value is -5.10. The molecule has 0 saturated heterocycles. The summed E-state index contributed by atoms with van der Waals surface area (Å²) in [5, 5.41) is 4.39. The van der Waals surface area contributed by atoms with E-state index >= 15 is 0 Å². The summed E-state index contributed by atoms with van der Waals surface area (Å²) in [5.41, 5.74) is 5.35. The van der Waals surface area contributed by atoms with Crippen LogP contribution in [0.2, 0.25) is 0 Å². The number of pyridine rings is 2. The fourth-order valence-electron chi connectivity index (χ4n) is 4.79. The van der Waals surface area contributed by atoms with Crippen molar-refractivity contribution in [1.82, 2.24) is 19.9 Å². The van der Waals surface area contributed by atoms with Gasteiger partial charge in [-0.15, -0.1) is 0 Å². The van der Waals surface area contributed by atoms with Crippen LogP contribution in [0.25, 0.3) is 67.0 Å². The molecule has 0 radical (unpaired) electrons. The number of aromatic nitrogens is 4. The molecule has 0 unspecified atom stereocenters. The van der Waals surface area contributed by atoms with Gasteiger partial charge in [-0.3, -0.25) is 0 Å². The second-order valence-electron chi connectivity index (χ2n) is 8.39. The second-order valence-corrected chi connectivity index (χ2v) is 8.39. The molecule has 0 aliphatic heterocycles. The van der Waals surface area contributed by atoms with Gasteiger partial charge in [-0.25, -0.2) is 19.9 Å². The van der Waals surface area contributed by atoms with Gasteiger partial charge in [0.15, 0.2) is 24.3 Å². The Balaban J connectivity index is 1.54. The van der Waals surface area contributed by atoms with Crippen LogP contribution in [0.5, 0.6) is 0 Å². The van der Waals surface area contributed by atoms with Crippen LogP contribution >= 0.6 is 0 Å². The van der Waals surface area contributed by atoms with E-state index in [1.807, 2.05) is 36.4 Å². The SMILES string of the molecule is c1cc(-c2cnco2)nc(-c2c3ccccc3c(-c3cccc(-c4cnco4)n3)c3ccccc23)c1. The summed E-state index contributed by atoms with van der Waals surface area (Å²) in [6.07, 6.45) is 6.20. The monoisotopic (exact) mass is 466 g/mol. The fraction of sp³-hybridized carbons (Fsp3) is 0. The highest BCUT2D eigenvalue weighted by Gasteiger charge is 2.19. The number of nitrogens with zero attached hydrogens (tertiary/aromatic N) is 4. The minimum absolute atomic E-state index is 0.635. The minimum atomic E-state index is 0.635. The molecule has 0 aliphatic rings. The van der Waals surface area contributed by atoms with E-state index in [0.29, 0.717) is 11.5 Å². The van der Waals surface area contributed by atoms with Crippen LogP contribution in [0, 0.1) is 0 Å². The highest BCUT2D eigenvalue weighted by molar-refractivity contribution is 6.20. The van der Waals surface area contributed by atoms with Crippen LogP contribution in [0.3, 0.4) is 0 Å². The molecule has 6 heteroatoms. The largest absolute Gasteiger partial charge is 0.442 e. The van der Waals surface area contributed by atoms with Gasteiger partial charge in [-0.05, 0) is 45.8 Å². The zero-order valence-electron chi connectivity index (χ0n) is 19.0. The van der Waals surface area contributed by atoms with Crippen LogP contribution in [-0.4, -0.2) is 19.9 Å². The van der Waals surface area contributed by atoms with Crippen LogP contribution in [-0.2, 0) is 0 Å². The maximum absolute atomic E-state index is 5.51. The van der Waals surface area contributed by atoms with Gasteiger partial charge in [0.1, 0.15) is 11.4 Å². The number of hydrogen-bond acceptors (Lipinski definition) is 6. The summed E-state index contributed by atoms with van der Waals surface area (Å²) in [6.45, 7) is 0. The zero-order chi connectivity index (χ0) is 23.9. The van der Waals surface area contributed by atoms with Gasteiger partial charge in [0.25, 0.3) is 0 Å². The zero-order valence-corrected chi connectivity index (χ0v) is 19.0. The lowest BCUT2D eigenvalue weighted by Crippen LogP contribution is -1.95. The average molecular weight is 467 g/mol. The first-order valence-electron chi connectivity index (χ1n) is 11.5. The number of benzene rings is 3. The van der Waals surface area contributed by atoms with E-state index in [1.165, 1.54) is 12.8 Å². The normalized spacial score (nSPS) is 11.3. The van der Waals surface area contributed by atoms with Gasteiger partial charge in [0.05, 0.1) is 23.8 Å². The first-order chi connectivity index (χ1) is 17.9. The van der Waals surface area contributed by atoms with E-state index in [4.69, 9.17) is 18.8 Å². The standard InChI is InChI=1S/C30H18N4O2/c1-2-8-20-19(7-1)29(25-13-5-11-23(33-25)27-15-31-17-35-27)21-9-3-4-10-22(21)30(20)26-14-6-12-24(34-26)28-16-32-18-36-28/h1-18H. The van der Waals surface area contributed by atoms with Crippen LogP contribution in [0.15, 0.2) is 119 Å². The predicted molar refractivity (Wildman–Crippen MR) is 139 cm³/mol. The lowest BCUT2D eigenvalue weighted by atomic mass is 9.88. The van der Waals surface area contributed by atoms with Gasteiger partial charge in [-0.2, -0.15) is 0 Å². The van der Waals surface area contributed by atoms with E-state index in [-0.39, 0.29) is 0 Å².